The molecule has 1 aromatic heterocycles. The molecule has 5 rings (SSSR count). The second-order valence-electron chi connectivity index (χ2n) is 9.42. The monoisotopic (exact) mass is 469 g/mol. The Morgan fingerprint density at radius 1 is 0.914 bits per heavy atom. The van der Waals surface area contributed by atoms with Crippen molar-refractivity contribution in [1.82, 2.24) is 15.3 Å². The summed E-state index contributed by atoms with van der Waals surface area (Å²) in [7, 11) is 3.29. The van der Waals surface area contributed by atoms with Crippen molar-refractivity contribution in [2.45, 2.75) is 31.7 Å². The van der Waals surface area contributed by atoms with Crippen molar-refractivity contribution < 1.29 is 14.2 Å². The predicted molar refractivity (Wildman–Crippen MR) is 138 cm³/mol. The van der Waals surface area contributed by atoms with Gasteiger partial charge in [0.25, 0.3) is 0 Å². The van der Waals surface area contributed by atoms with Gasteiger partial charge in [-0.25, -0.2) is 9.97 Å². The molecule has 3 aromatic carbocycles. The summed E-state index contributed by atoms with van der Waals surface area (Å²) in [5.41, 5.74) is 2.78. The lowest BCUT2D eigenvalue weighted by Crippen LogP contribution is -2.30. The highest BCUT2D eigenvalue weighted by molar-refractivity contribution is 5.87. The molecular weight excluding hydrogens is 438 g/mol. The summed E-state index contributed by atoms with van der Waals surface area (Å²) in [4.78, 5) is 9.37. The maximum Gasteiger partial charge on any atom is 0.162 e. The summed E-state index contributed by atoms with van der Waals surface area (Å²) in [6.07, 6.45) is 2.61. The van der Waals surface area contributed by atoms with Crippen LogP contribution in [0.3, 0.4) is 0 Å². The fourth-order valence-corrected chi connectivity index (χ4v) is 4.79. The lowest BCUT2D eigenvalue weighted by Gasteiger charge is -2.21. The molecule has 2 unspecified atom stereocenters. The van der Waals surface area contributed by atoms with Gasteiger partial charge in [-0.1, -0.05) is 44.2 Å². The molecule has 1 aliphatic carbocycles. The first-order valence-electron chi connectivity index (χ1n) is 12.0. The minimum Gasteiger partial charge on any atom is -0.493 e. The Morgan fingerprint density at radius 2 is 1.60 bits per heavy atom. The zero-order valence-corrected chi connectivity index (χ0v) is 20.6. The van der Waals surface area contributed by atoms with E-state index in [1.807, 2.05) is 54.6 Å². The molecule has 0 saturated heterocycles. The summed E-state index contributed by atoms with van der Waals surface area (Å²) in [6, 6.07) is 22.4. The zero-order chi connectivity index (χ0) is 24.4. The highest BCUT2D eigenvalue weighted by Crippen LogP contribution is 2.55. The van der Waals surface area contributed by atoms with E-state index < -0.39 is 0 Å². The SMILES string of the molecule is COc1cc2ncnc(C3(c4ccc(Oc5ccccc5)cc4)CC3NCC(C)C)c2cc1OC. The van der Waals surface area contributed by atoms with Crippen LogP contribution in [0.2, 0.25) is 0 Å². The summed E-state index contributed by atoms with van der Waals surface area (Å²) < 4.78 is 17.1. The molecule has 1 heterocycles. The van der Waals surface area contributed by atoms with Crippen molar-refractivity contribution >= 4 is 10.9 Å². The molecule has 4 aromatic rings. The van der Waals surface area contributed by atoms with Gasteiger partial charge in [0.1, 0.15) is 17.8 Å². The van der Waals surface area contributed by atoms with Crippen molar-refractivity contribution in [2.75, 3.05) is 20.8 Å². The van der Waals surface area contributed by atoms with Crippen LogP contribution in [0.5, 0.6) is 23.0 Å². The number of fused-ring (bicyclic) bond motifs is 1. The van der Waals surface area contributed by atoms with E-state index in [4.69, 9.17) is 19.2 Å². The van der Waals surface area contributed by atoms with Crippen LogP contribution in [-0.4, -0.2) is 36.8 Å². The van der Waals surface area contributed by atoms with Gasteiger partial charge >= 0.3 is 0 Å². The molecule has 0 amide bonds. The van der Waals surface area contributed by atoms with Crippen LogP contribution >= 0.6 is 0 Å². The predicted octanol–water partition coefficient (Wildman–Crippen LogP) is 5.74. The smallest absolute Gasteiger partial charge is 0.162 e. The van der Waals surface area contributed by atoms with Gasteiger partial charge in [-0.15, -0.1) is 0 Å². The highest BCUT2D eigenvalue weighted by Gasteiger charge is 2.58. The van der Waals surface area contributed by atoms with Gasteiger partial charge in [0.2, 0.25) is 0 Å². The standard InChI is InChI=1S/C29H31N3O3/c1-19(2)17-30-27-16-29(27,20-10-12-22(13-11-20)35-21-8-6-5-7-9-21)28-23-14-25(33-3)26(34-4)15-24(23)31-18-32-28/h5-15,18-19,27,30H,16-17H2,1-4H3. The van der Waals surface area contributed by atoms with Gasteiger partial charge in [0.05, 0.1) is 30.8 Å². The van der Waals surface area contributed by atoms with Crippen molar-refractivity contribution in [3.63, 3.8) is 0 Å². The van der Waals surface area contributed by atoms with Crippen molar-refractivity contribution in [3.05, 3.63) is 84.3 Å². The van der Waals surface area contributed by atoms with Crippen LogP contribution in [0, 0.1) is 5.92 Å². The molecule has 1 aliphatic rings. The quantitative estimate of drug-likeness (QED) is 0.337. The van der Waals surface area contributed by atoms with Gasteiger partial charge in [0, 0.05) is 17.5 Å². The van der Waals surface area contributed by atoms with E-state index in [0.717, 1.165) is 41.1 Å². The average Bonchev–Trinajstić information content (AvgIpc) is 3.62. The largest absolute Gasteiger partial charge is 0.493 e. The Labute approximate surface area is 206 Å². The van der Waals surface area contributed by atoms with E-state index in [2.05, 4.69) is 36.3 Å². The number of benzene rings is 3. The molecule has 1 fully saturated rings. The fourth-order valence-electron chi connectivity index (χ4n) is 4.79. The minimum atomic E-state index is -0.263. The Hall–Kier alpha value is -3.64. The second-order valence-corrected chi connectivity index (χ2v) is 9.42. The lowest BCUT2D eigenvalue weighted by molar-refractivity contribution is 0.355. The highest BCUT2D eigenvalue weighted by atomic mass is 16.5. The number of aromatic nitrogens is 2. The Bertz CT molecular complexity index is 1310. The van der Waals surface area contributed by atoms with Gasteiger partial charge in [-0.05, 0) is 54.8 Å². The second kappa shape index (κ2) is 9.55. The molecule has 1 saturated carbocycles. The van der Waals surface area contributed by atoms with Crippen LogP contribution < -0.4 is 19.5 Å². The molecule has 0 spiro atoms. The first-order chi connectivity index (χ1) is 17.0. The molecular formula is C29H31N3O3. The number of rotatable bonds is 9. The third-order valence-electron chi connectivity index (χ3n) is 6.64. The van der Waals surface area contributed by atoms with Crippen LogP contribution in [-0.2, 0) is 5.41 Å². The average molecular weight is 470 g/mol. The summed E-state index contributed by atoms with van der Waals surface area (Å²) in [6.45, 7) is 5.40. The summed E-state index contributed by atoms with van der Waals surface area (Å²) in [5, 5.41) is 4.74. The Morgan fingerprint density at radius 3 is 2.29 bits per heavy atom. The van der Waals surface area contributed by atoms with Crippen LogP contribution in [0.25, 0.3) is 10.9 Å². The third-order valence-corrected chi connectivity index (χ3v) is 6.64. The lowest BCUT2D eigenvalue weighted by atomic mass is 9.88. The van der Waals surface area contributed by atoms with Gasteiger partial charge in [-0.3, -0.25) is 0 Å². The van der Waals surface area contributed by atoms with Crippen LogP contribution in [0.15, 0.2) is 73.1 Å². The van der Waals surface area contributed by atoms with Gasteiger partial charge in [0.15, 0.2) is 11.5 Å². The third kappa shape index (κ3) is 4.42. The number of nitrogens with zero attached hydrogens (tertiary/aromatic N) is 2. The molecule has 6 heteroatoms. The van der Waals surface area contributed by atoms with Gasteiger partial charge in [-0.2, -0.15) is 0 Å². The number of hydrogen-bond acceptors (Lipinski definition) is 6. The fraction of sp³-hybridized carbons (Fsp3) is 0.310. The molecule has 180 valence electrons. The van der Waals surface area contributed by atoms with E-state index >= 15 is 0 Å². The number of methoxy groups -OCH3 is 2. The number of ether oxygens (including phenoxy) is 3. The van der Waals surface area contributed by atoms with Crippen molar-refractivity contribution in [3.8, 4) is 23.0 Å². The number of nitrogens with one attached hydrogen (secondary N) is 1. The zero-order valence-electron chi connectivity index (χ0n) is 20.6. The Kier molecular flexibility index (Phi) is 6.31. The van der Waals surface area contributed by atoms with E-state index in [-0.39, 0.29) is 11.5 Å². The topological polar surface area (TPSA) is 65.5 Å². The molecule has 0 aliphatic heterocycles. The normalized spacial score (nSPS) is 19.1. The van der Waals surface area contributed by atoms with E-state index in [1.54, 1.807) is 20.5 Å². The number of hydrogen-bond donors (Lipinski definition) is 1. The first-order valence-corrected chi connectivity index (χ1v) is 12.0. The summed E-state index contributed by atoms with van der Waals surface area (Å²) >= 11 is 0. The Balaban J connectivity index is 1.56. The molecule has 1 N–H and O–H groups in total. The van der Waals surface area contributed by atoms with Crippen molar-refractivity contribution in [2.24, 2.45) is 5.92 Å². The molecule has 0 radical (unpaired) electrons. The van der Waals surface area contributed by atoms with E-state index in [0.29, 0.717) is 17.4 Å². The molecule has 0 bridgehead atoms. The van der Waals surface area contributed by atoms with Crippen LogP contribution in [0.4, 0.5) is 0 Å². The molecule has 6 nitrogen and oxygen atoms in total. The van der Waals surface area contributed by atoms with E-state index in [9.17, 15) is 0 Å². The first kappa shape index (κ1) is 23.1. The molecule has 2 atom stereocenters. The number of para-hydroxylation sites is 1. The minimum absolute atomic E-state index is 0.263. The maximum absolute atomic E-state index is 6.03. The summed E-state index contributed by atoms with van der Waals surface area (Å²) in [5.74, 6) is 3.51. The maximum atomic E-state index is 6.03. The molecule has 35 heavy (non-hydrogen) atoms. The van der Waals surface area contributed by atoms with E-state index in [1.165, 1.54) is 5.56 Å². The van der Waals surface area contributed by atoms with Gasteiger partial charge < -0.3 is 19.5 Å². The van der Waals surface area contributed by atoms with Crippen LogP contribution in [0.1, 0.15) is 31.5 Å². The van der Waals surface area contributed by atoms with Crippen molar-refractivity contribution in [1.29, 1.82) is 0 Å².